The van der Waals surface area contributed by atoms with Crippen LogP contribution in [0.4, 0.5) is 11.4 Å². The summed E-state index contributed by atoms with van der Waals surface area (Å²) < 4.78 is 6.11. The van der Waals surface area contributed by atoms with Gasteiger partial charge in [0.15, 0.2) is 0 Å². The summed E-state index contributed by atoms with van der Waals surface area (Å²) in [4.78, 5) is 2.48. The van der Waals surface area contributed by atoms with E-state index in [4.69, 9.17) is 4.74 Å². The zero-order valence-corrected chi connectivity index (χ0v) is 16.2. The molecule has 0 saturated carbocycles. The first-order valence-corrected chi connectivity index (χ1v) is 10.1. The van der Waals surface area contributed by atoms with Crippen LogP contribution in [0.15, 0.2) is 78.9 Å². The minimum atomic E-state index is -0.0650. The molecule has 0 amide bonds. The second-order valence-electron chi connectivity index (χ2n) is 7.64. The van der Waals surface area contributed by atoms with E-state index in [0.29, 0.717) is 19.4 Å². The largest absolute Gasteiger partial charge is 0.508 e. The predicted molar refractivity (Wildman–Crippen MR) is 115 cm³/mol. The molecule has 0 aromatic heterocycles. The van der Waals surface area contributed by atoms with Gasteiger partial charge in [-0.15, -0.1) is 0 Å². The Bertz CT molecular complexity index is 961. The summed E-state index contributed by atoms with van der Waals surface area (Å²) in [5.41, 5.74) is 8.31. The van der Waals surface area contributed by atoms with Crippen molar-refractivity contribution in [2.24, 2.45) is 0 Å². The Morgan fingerprint density at radius 2 is 1.66 bits per heavy atom. The maximum absolute atomic E-state index is 9.83. The molecular weight excluding hydrogens is 362 g/mol. The minimum Gasteiger partial charge on any atom is -0.508 e. The third-order valence-electron chi connectivity index (χ3n) is 5.75. The summed E-state index contributed by atoms with van der Waals surface area (Å²) in [7, 11) is 0. The van der Waals surface area contributed by atoms with E-state index in [-0.39, 0.29) is 11.9 Å². The number of fused-ring (bicyclic) bond motifs is 3. The lowest BCUT2D eigenvalue weighted by Crippen LogP contribution is -2.49. The molecule has 148 valence electrons. The number of phenolic OH excluding ortho intramolecular Hbond substituents is 1. The van der Waals surface area contributed by atoms with Crippen LogP contribution in [0.2, 0.25) is 0 Å². The number of rotatable bonds is 3. The molecule has 2 aliphatic heterocycles. The van der Waals surface area contributed by atoms with Crippen molar-refractivity contribution in [3.63, 3.8) is 0 Å². The Morgan fingerprint density at radius 1 is 0.897 bits per heavy atom. The van der Waals surface area contributed by atoms with Crippen molar-refractivity contribution in [1.29, 1.82) is 0 Å². The van der Waals surface area contributed by atoms with Gasteiger partial charge >= 0.3 is 0 Å². The molecule has 5 rings (SSSR count). The van der Waals surface area contributed by atoms with E-state index in [2.05, 4.69) is 51.7 Å². The van der Waals surface area contributed by atoms with Crippen molar-refractivity contribution in [2.45, 2.75) is 25.0 Å². The summed E-state index contributed by atoms with van der Waals surface area (Å²) >= 11 is 0. The first-order valence-electron chi connectivity index (χ1n) is 10.1. The van der Waals surface area contributed by atoms with Crippen LogP contribution in [0.3, 0.4) is 0 Å². The molecule has 0 bridgehead atoms. The fraction of sp³-hybridized carbons (Fsp3) is 0.250. The molecule has 1 saturated heterocycles. The molecule has 3 aromatic rings. The lowest BCUT2D eigenvalue weighted by Gasteiger charge is -2.45. The second kappa shape index (κ2) is 7.78. The Kier molecular flexibility index (Phi) is 4.84. The van der Waals surface area contributed by atoms with E-state index < -0.39 is 0 Å². The third-order valence-corrected chi connectivity index (χ3v) is 5.75. The molecule has 0 aliphatic carbocycles. The van der Waals surface area contributed by atoms with Gasteiger partial charge in [-0.2, -0.15) is 5.01 Å². The van der Waals surface area contributed by atoms with E-state index in [1.807, 2.05) is 30.3 Å². The molecule has 1 fully saturated rings. The van der Waals surface area contributed by atoms with Gasteiger partial charge in [-0.1, -0.05) is 48.5 Å². The number of aromatic hydroxyl groups is 1. The number of nitrogens with one attached hydrogen (secondary N) is 1. The zero-order chi connectivity index (χ0) is 19.6. The Labute approximate surface area is 171 Å². The number of hydrogen-bond acceptors (Lipinski definition) is 5. The molecule has 2 N–H and O–H groups in total. The molecule has 2 heterocycles. The van der Waals surface area contributed by atoms with Gasteiger partial charge in [-0.05, 0) is 54.3 Å². The average Bonchev–Trinajstić information content (AvgIpc) is 2.94. The topological polar surface area (TPSA) is 48.0 Å². The van der Waals surface area contributed by atoms with Crippen LogP contribution in [-0.2, 0) is 11.2 Å². The molecular formula is C24H25N3O2. The van der Waals surface area contributed by atoms with E-state index in [9.17, 15) is 5.11 Å². The minimum absolute atomic E-state index is 0.0650. The quantitative estimate of drug-likeness (QED) is 0.692. The number of para-hydroxylation sites is 2. The molecule has 0 spiro atoms. The lowest BCUT2D eigenvalue weighted by atomic mass is 9.94. The van der Waals surface area contributed by atoms with Gasteiger partial charge < -0.3 is 20.2 Å². The number of hydrazine groups is 1. The van der Waals surface area contributed by atoms with Crippen molar-refractivity contribution in [3.05, 3.63) is 90.0 Å². The zero-order valence-electron chi connectivity index (χ0n) is 16.2. The number of ether oxygens (including phenoxy) is 1. The average molecular weight is 387 g/mol. The van der Waals surface area contributed by atoms with E-state index >= 15 is 0 Å². The van der Waals surface area contributed by atoms with Crippen LogP contribution in [0.1, 0.15) is 23.7 Å². The van der Waals surface area contributed by atoms with Crippen LogP contribution in [0.5, 0.6) is 5.75 Å². The van der Waals surface area contributed by atoms with E-state index in [1.54, 1.807) is 12.1 Å². The first kappa shape index (κ1) is 18.0. The van der Waals surface area contributed by atoms with Crippen LogP contribution >= 0.6 is 0 Å². The van der Waals surface area contributed by atoms with Crippen molar-refractivity contribution < 1.29 is 9.84 Å². The number of benzene rings is 3. The SMILES string of the molecule is Oc1ccc([C@H]2N(Nc3ccccc3)COCC3CCc4ccccc4N32)cc1. The molecule has 3 aromatic carbocycles. The van der Waals surface area contributed by atoms with Gasteiger partial charge in [0, 0.05) is 11.4 Å². The highest BCUT2D eigenvalue weighted by Crippen LogP contribution is 2.40. The summed E-state index contributed by atoms with van der Waals surface area (Å²) in [6.45, 7) is 1.16. The van der Waals surface area contributed by atoms with Gasteiger partial charge in [0.05, 0.1) is 12.6 Å². The summed E-state index contributed by atoms with van der Waals surface area (Å²) in [5.74, 6) is 0.275. The molecule has 2 aliphatic rings. The van der Waals surface area contributed by atoms with Crippen molar-refractivity contribution in [1.82, 2.24) is 5.01 Å². The molecule has 2 atom stereocenters. The molecule has 1 unspecified atom stereocenters. The van der Waals surface area contributed by atoms with Crippen LogP contribution < -0.4 is 10.3 Å². The van der Waals surface area contributed by atoms with Crippen molar-refractivity contribution >= 4 is 11.4 Å². The Hall–Kier alpha value is -3.02. The van der Waals surface area contributed by atoms with Crippen LogP contribution in [-0.4, -0.2) is 29.5 Å². The number of nitrogens with zero attached hydrogens (tertiary/aromatic N) is 2. The van der Waals surface area contributed by atoms with Gasteiger partial charge in [-0.3, -0.25) is 0 Å². The summed E-state index contributed by atoms with van der Waals surface area (Å²) in [6, 6.07) is 26.6. The maximum atomic E-state index is 9.83. The highest BCUT2D eigenvalue weighted by molar-refractivity contribution is 5.59. The number of hydrogen-bond donors (Lipinski definition) is 2. The van der Waals surface area contributed by atoms with E-state index in [0.717, 1.165) is 24.1 Å². The van der Waals surface area contributed by atoms with Gasteiger partial charge in [0.1, 0.15) is 18.6 Å². The molecule has 29 heavy (non-hydrogen) atoms. The fourth-order valence-corrected chi connectivity index (χ4v) is 4.39. The highest BCUT2D eigenvalue weighted by atomic mass is 16.5. The second-order valence-corrected chi connectivity index (χ2v) is 7.64. The number of aryl methyl sites for hydroxylation is 1. The normalized spacial score (nSPS) is 21.7. The molecule has 5 heteroatoms. The molecule has 5 nitrogen and oxygen atoms in total. The maximum Gasteiger partial charge on any atom is 0.128 e. The van der Waals surface area contributed by atoms with E-state index in [1.165, 1.54) is 11.3 Å². The Morgan fingerprint density at radius 3 is 2.48 bits per heavy atom. The van der Waals surface area contributed by atoms with Gasteiger partial charge in [0.25, 0.3) is 0 Å². The summed E-state index contributed by atoms with van der Waals surface area (Å²) in [5, 5.41) is 12.0. The van der Waals surface area contributed by atoms with Crippen molar-refractivity contribution in [2.75, 3.05) is 23.7 Å². The highest BCUT2D eigenvalue weighted by Gasteiger charge is 2.38. The van der Waals surface area contributed by atoms with Crippen molar-refractivity contribution in [3.8, 4) is 5.75 Å². The number of anilines is 2. The molecule has 0 radical (unpaired) electrons. The standard InChI is InChI=1S/C24H25N3O2/c28-22-14-11-19(12-15-22)24-26(25-20-7-2-1-3-8-20)17-29-16-21-13-10-18-6-4-5-9-23(18)27(21)24/h1-9,11-12,14-15,21,24-25,28H,10,13,16-17H2/t21?,24-/m0/s1. The van der Waals surface area contributed by atoms with Gasteiger partial charge in [-0.25, -0.2) is 0 Å². The van der Waals surface area contributed by atoms with Crippen LogP contribution in [0.25, 0.3) is 0 Å². The van der Waals surface area contributed by atoms with Crippen LogP contribution in [0, 0.1) is 0 Å². The smallest absolute Gasteiger partial charge is 0.128 e. The van der Waals surface area contributed by atoms with Gasteiger partial charge in [0.2, 0.25) is 0 Å². The third kappa shape index (κ3) is 3.55. The Balaban J connectivity index is 1.61. The predicted octanol–water partition coefficient (Wildman–Crippen LogP) is 4.53. The first-order chi connectivity index (χ1) is 14.3. The summed E-state index contributed by atoms with van der Waals surface area (Å²) in [6.07, 6.45) is 2.06. The monoisotopic (exact) mass is 387 g/mol. The lowest BCUT2D eigenvalue weighted by molar-refractivity contribution is 0.0429. The number of phenols is 1. The fourth-order valence-electron chi connectivity index (χ4n) is 4.39.